The Labute approximate surface area is 176 Å². The zero-order valence-corrected chi connectivity index (χ0v) is 17.3. The third-order valence-corrected chi connectivity index (χ3v) is 4.56. The van der Waals surface area contributed by atoms with Gasteiger partial charge in [0.1, 0.15) is 5.82 Å². The van der Waals surface area contributed by atoms with E-state index in [2.05, 4.69) is 5.32 Å². The first-order valence-electron chi connectivity index (χ1n) is 10.1. The van der Waals surface area contributed by atoms with E-state index in [0.717, 1.165) is 5.56 Å². The molecule has 0 atom stereocenters. The number of hydrogen-bond donors (Lipinski definition) is 1. The van der Waals surface area contributed by atoms with E-state index in [0.29, 0.717) is 62.4 Å². The topological polar surface area (TPSA) is 60.0 Å². The van der Waals surface area contributed by atoms with Gasteiger partial charge in [-0.05, 0) is 55.8 Å². The number of nitrogens with zero attached hydrogens (tertiary/aromatic N) is 1. The molecule has 0 radical (unpaired) electrons. The SMILES string of the molecule is CCOc1ccc(/C=C/C(=O)Nc2ccc(N3CCOCC3)c(F)c2)cc1OCC. The molecule has 30 heavy (non-hydrogen) atoms. The molecule has 2 aromatic rings. The number of morpholine rings is 1. The molecule has 0 saturated carbocycles. The van der Waals surface area contributed by atoms with Gasteiger partial charge in [0.25, 0.3) is 0 Å². The lowest BCUT2D eigenvalue weighted by molar-refractivity contribution is -0.111. The van der Waals surface area contributed by atoms with Gasteiger partial charge in [0.15, 0.2) is 11.5 Å². The van der Waals surface area contributed by atoms with Gasteiger partial charge in [-0.25, -0.2) is 4.39 Å². The Morgan fingerprint density at radius 2 is 1.83 bits per heavy atom. The number of anilines is 2. The van der Waals surface area contributed by atoms with E-state index in [1.54, 1.807) is 18.2 Å². The minimum absolute atomic E-state index is 0.347. The lowest BCUT2D eigenvalue weighted by atomic mass is 10.2. The van der Waals surface area contributed by atoms with Gasteiger partial charge in [-0.1, -0.05) is 6.07 Å². The Morgan fingerprint density at radius 1 is 1.10 bits per heavy atom. The molecule has 0 spiro atoms. The van der Waals surface area contributed by atoms with Crippen molar-refractivity contribution in [2.75, 3.05) is 49.7 Å². The normalized spacial score (nSPS) is 14.0. The summed E-state index contributed by atoms with van der Waals surface area (Å²) < 4.78 is 30.9. The molecule has 0 aliphatic carbocycles. The second-order valence-corrected chi connectivity index (χ2v) is 6.66. The Balaban J connectivity index is 1.64. The highest BCUT2D eigenvalue weighted by molar-refractivity contribution is 6.02. The number of nitrogens with one attached hydrogen (secondary N) is 1. The molecule has 1 aliphatic heterocycles. The minimum Gasteiger partial charge on any atom is -0.490 e. The minimum atomic E-state index is -0.369. The summed E-state index contributed by atoms with van der Waals surface area (Å²) in [5, 5.41) is 2.69. The molecule has 1 heterocycles. The van der Waals surface area contributed by atoms with E-state index in [4.69, 9.17) is 14.2 Å². The van der Waals surface area contributed by atoms with Gasteiger partial charge >= 0.3 is 0 Å². The highest BCUT2D eigenvalue weighted by Crippen LogP contribution is 2.29. The van der Waals surface area contributed by atoms with Crippen molar-refractivity contribution in [2.45, 2.75) is 13.8 Å². The van der Waals surface area contributed by atoms with Gasteiger partial charge in [-0.3, -0.25) is 4.79 Å². The van der Waals surface area contributed by atoms with Crippen molar-refractivity contribution in [3.63, 3.8) is 0 Å². The second-order valence-electron chi connectivity index (χ2n) is 6.66. The fourth-order valence-electron chi connectivity index (χ4n) is 3.17. The van der Waals surface area contributed by atoms with Crippen molar-refractivity contribution < 1.29 is 23.4 Å². The van der Waals surface area contributed by atoms with Crippen LogP contribution in [0.4, 0.5) is 15.8 Å². The average Bonchev–Trinajstić information content (AvgIpc) is 2.75. The van der Waals surface area contributed by atoms with E-state index in [1.807, 2.05) is 36.9 Å². The number of carbonyl (C=O) groups excluding carboxylic acids is 1. The van der Waals surface area contributed by atoms with Gasteiger partial charge in [0.05, 0.1) is 32.1 Å². The van der Waals surface area contributed by atoms with Crippen LogP contribution in [0.2, 0.25) is 0 Å². The summed E-state index contributed by atoms with van der Waals surface area (Å²) in [4.78, 5) is 14.2. The number of hydrogen-bond acceptors (Lipinski definition) is 5. The summed E-state index contributed by atoms with van der Waals surface area (Å²) >= 11 is 0. The fraction of sp³-hybridized carbons (Fsp3) is 0.348. The fourth-order valence-corrected chi connectivity index (χ4v) is 3.17. The quantitative estimate of drug-likeness (QED) is 0.659. The molecule has 1 saturated heterocycles. The summed E-state index contributed by atoms with van der Waals surface area (Å²) in [6, 6.07) is 10.2. The van der Waals surface area contributed by atoms with Crippen LogP contribution < -0.4 is 19.7 Å². The molecule has 1 aliphatic rings. The van der Waals surface area contributed by atoms with E-state index >= 15 is 0 Å². The zero-order chi connectivity index (χ0) is 21.3. The van der Waals surface area contributed by atoms with Crippen LogP contribution in [0.15, 0.2) is 42.5 Å². The van der Waals surface area contributed by atoms with Crippen LogP contribution in [0.5, 0.6) is 11.5 Å². The molecule has 0 aromatic heterocycles. The number of ether oxygens (including phenoxy) is 3. The molecule has 1 amide bonds. The Bertz CT molecular complexity index is 895. The van der Waals surface area contributed by atoms with E-state index in [1.165, 1.54) is 12.1 Å². The Hall–Kier alpha value is -3.06. The number of rotatable bonds is 8. The maximum Gasteiger partial charge on any atom is 0.248 e. The largest absolute Gasteiger partial charge is 0.490 e. The van der Waals surface area contributed by atoms with Crippen molar-refractivity contribution in [1.82, 2.24) is 0 Å². The van der Waals surface area contributed by atoms with Gasteiger partial charge in [0, 0.05) is 24.9 Å². The Kier molecular flexibility index (Phi) is 7.68. The Morgan fingerprint density at radius 3 is 2.53 bits per heavy atom. The third-order valence-electron chi connectivity index (χ3n) is 4.56. The van der Waals surface area contributed by atoms with Crippen LogP contribution in [0, 0.1) is 5.82 Å². The van der Waals surface area contributed by atoms with Crippen LogP contribution in [0.1, 0.15) is 19.4 Å². The van der Waals surface area contributed by atoms with Gasteiger partial charge in [-0.2, -0.15) is 0 Å². The summed E-state index contributed by atoms with van der Waals surface area (Å²) in [5.74, 6) is 0.575. The van der Waals surface area contributed by atoms with E-state index < -0.39 is 0 Å². The van der Waals surface area contributed by atoms with Gasteiger partial charge in [0.2, 0.25) is 5.91 Å². The van der Waals surface area contributed by atoms with Crippen molar-refractivity contribution in [3.8, 4) is 11.5 Å². The van der Waals surface area contributed by atoms with Crippen molar-refractivity contribution in [1.29, 1.82) is 0 Å². The van der Waals surface area contributed by atoms with Crippen molar-refractivity contribution in [2.24, 2.45) is 0 Å². The molecule has 1 N–H and O–H groups in total. The third kappa shape index (κ3) is 5.73. The van der Waals surface area contributed by atoms with Crippen molar-refractivity contribution >= 4 is 23.4 Å². The van der Waals surface area contributed by atoms with Crippen LogP contribution in [-0.4, -0.2) is 45.4 Å². The molecule has 0 bridgehead atoms. The van der Waals surface area contributed by atoms with Crippen LogP contribution in [-0.2, 0) is 9.53 Å². The smallest absolute Gasteiger partial charge is 0.248 e. The van der Waals surface area contributed by atoms with Gasteiger partial charge in [-0.15, -0.1) is 0 Å². The van der Waals surface area contributed by atoms with Crippen LogP contribution >= 0.6 is 0 Å². The molecule has 1 fully saturated rings. The van der Waals surface area contributed by atoms with Crippen LogP contribution in [0.3, 0.4) is 0 Å². The first-order valence-corrected chi connectivity index (χ1v) is 10.1. The predicted octanol–water partition coefficient (Wildman–Crippen LogP) is 4.11. The monoisotopic (exact) mass is 414 g/mol. The number of halogens is 1. The highest BCUT2D eigenvalue weighted by Gasteiger charge is 2.15. The molecule has 6 nitrogen and oxygen atoms in total. The second kappa shape index (κ2) is 10.6. The van der Waals surface area contributed by atoms with E-state index in [9.17, 15) is 9.18 Å². The predicted molar refractivity (Wildman–Crippen MR) is 116 cm³/mol. The molecule has 3 rings (SSSR count). The number of carbonyl (C=O) groups is 1. The number of benzene rings is 2. The lowest BCUT2D eigenvalue weighted by Gasteiger charge is -2.29. The molecule has 0 unspecified atom stereocenters. The summed E-state index contributed by atoms with van der Waals surface area (Å²) in [5.41, 5.74) is 1.72. The summed E-state index contributed by atoms with van der Waals surface area (Å²) in [6.07, 6.45) is 3.07. The molecule has 7 heteroatoms. The molecular formula is C23H27FN2O4. The standard InChI is InChI=1S/C23H27FN2O4/c1-3-29-21-9-5-17(15-22(21)30-4-2)6-10-23(27)25-18-7-8-20(19(24)16-18)26-11-13-28-14-12-26/h5-10,15-16H,3-4,11-14H2,1-2H3,(H,25,27)/b10-6+. The molecular weight excluding hydrogens is 387 g/mol. The maximum atomic E-state index is 14.5. The first kappa shape index (κ1) is 21.6. The lowest BCUT2D eigenvalue weighted by Crippen LogP contribution is -2.36. The van der Waals surface area contributed by atoms with E-state index in [-0.39, 0.29) is 11.7 Å². The average molecular weight is 414 g/mol. The van der Waals surface area contributed by atoms with Gasteiger partial charge < -0.3 is 24.4 Å². The zero-order valence-electron chi connectivity index (χ0n) is 17.3. The molecule has 2 aromatic carbocycles. The summed E-state index contributed by atoms with van der Waals surface area (Å²) in [6.45, 7) is 7.32. The first-order chi connectivity index (χ1) is 14.6. The van der Waals surface area contributed by atoms with Crippen molar-refractivity contribution in [3.05, 3.63) is 53.9 Å². The molecule has 160 valence electrons. The maximum absolute atomic E-state index is 14.5. The van der Waals surface area contributed by atoms with Crippen LogP contribution in [0.25, 0.3) is 6.08 Å². The number of amides is 1. The summed E-state index contributed by atoms with van der Waals surface area (Å²) in [7, 11) is 0. The highest BCUT2D eigenvalue weighted by atomic mass is 19.1.